The number of hydrogen-bond donors (Lipinski definition) is 1. The Morgan fingerprint density at radius 2 is 2.00 bits per heavy atom. The van der Waals surface area contributed by atoms with Crippen LogP contribution in [0.5, 0.6) is 0 Å². The summed E-state index contributed by atoms with van der Waals surface area (Å²) in [6.45, 7) is 11.1. The molecule has 0 aliphatic carbocycles. The van der Waals surface area contributed by atoms with Gasteiger partial charge >= 0.3 is 0 Å². The van der Waals surface area contributed by atoms with Crippen LogP contribution in [0.15, 0.2) is 18.2 Å². The highest BCUT2D eigenvalue weighted by Crippen LogP contribution is 2.22. The minimum absolute atomic E-state index is 0.973. The fourth-order valence-corrected chi connectivity index (χ4v) is 2.74. The SMILES string of the molecule is CCNCc1ccc(N2CCCN(C)CC2)c(C)c1. The largest absolute Gasteiger partial charge is 0.370 e. The van der Waals surface area contributed by atoms with Crippen LogP contribution in [-0.2, 0) is 6.54 Å². The third-order valence-corrected chi connectivity index (χ3v) is 3.90. The maximum Gasteiger partial charge on any atom is 0.0396 e. The maximum atomic E-state index is 3.39. The number of anilines is 1. The van der Waals surface area contributed by atoms with Crippen molar-refractivity contribution in [3.63, 3.8) is 0 Å². The molecule has 3 nitrogen and oxygen atoms in total. The van der Waals surface area contributed by atoms with Gasteiger partial charge in [-0.05, 0) is 50.7 Å². The van der Waals surface area contributed by atoms with Gasteiger partial charge in [-0.1, -0.05) is 19.1 Å². The zero-order valence-electron chi connectivity index (χ0n) is 12.6. The molecule has 0 amide bonds. The van der Waals surface area contributed by atoms with Crippen LogP contribution in [0.1, 0.15) is 24.5 Å². The number of benzene rings is 1. The summed E-state index contributed by atoms with van der Waals surface area (Å²) in [6.07, 6.45) is 1.26. The van der Waals surface area contributed by atoms with E-state index in [2.05, 4.69) is 54.2 Å². The second-order valence-electron chi connectivity index (χ2n) is 5.55. The molecule has 2 rings (SSSR count). The van der Waals surface area contributed by atoms with E-state index in [-0.39, 0.29) is 0 Å². The molecule has 106 valence electrons. The third-order valence-electron chi connectivity index (χ3n) is 3.90. The van der Waals surface area contributed by atoms with Gasteiger partial charge in [-0.25, -0.2) is 0 Å². The quantitative estimate of drug-likeness (QED) is 0.897. The summed E-state index contributed by atoms with van der Waals surface area (Å²) in [7, 11) is 2.22. The number of likely N-dealkylation sites (N-methyl/N-ethyl adjacent to an activating group) is 1. The van der Waals surface area contributed by atoms with Gasteiger partial charge in [0.1, 0.15) is 0 Å². The lowest BCUT2D eigenvalue weighted by Crippen LogP contribution is -2.29. The molecular formula is C16H27N3. The van der Waals surface area contributed by atoms with Crippen molar-refractivity contribution in [3.8, 4) is 0 Å². The third kappa shape index (κ3) is 3.95. The van der Waals surface area contributed by atoms with Gasteiger partial charge < -0.3 is 15.1 Å². The number of nitrogens with one attached hydrogen (secondary N) is 1. The Kier molecular flexibility index (Phi) is 5.23. The van der Waals surface area contributed by atoms with Gasteiger partial charge in [0.05, 0.1) is 0 Å². The lowest BCUT2D eigenvalue weighted by atomic mass is 10.1. The molecule has 19 heavy (non-hydrogen) atoms. The first-order valence-electron chi connectivity index (χ1n) is 7.44. The van der Waals surface area contributed by atoms with Crippen molar-refractivity contribution in [3.05, 3.63) is 29.3 Å². The van der Waals surface area contributed by atoms with Crippen LogP contribution in [0.2, 0.25) is 0 Å². The topological polar surface area (TPSA) is 18.5 Å². The number of nitrogens with zero attached hydrogens (tertiary/aromatic N) is 2. The average molecular weight is 261 g/mol. The van der Waals surface area contributed by atoms with Crippen molar-refractivity contribution < 1.29 is 0 Å². The van der Waals surface area contributed by atoms with Gasteiger partial charge in [0.15, 0.2) is 0 Å². The smallest absolute Gasteiger partial charge is 0.0396 e. The Balaban J connectivity index is 2.07. The lowest BCUT2D eigenvalue weighted by Gasteiger charge is -2.25. The molecule has 0 atom stereocenters. The Bertz CT molecular complexity index is 403. The molecule has 1 aliphatic rings. The Morgan fingerprint density at radius 1 is 1.16 bits per heavy atom. The van der Waals surface area contributed by atoms with Crippen LogP contribution in [0.3, 0.4) is 0 Å². The predicted molar refractivity (Wildman–Crippen MR) is 82.9 cm³/mol. The van der Waals surface area contributed by atoms with Gasteiger partial charge in [-0.2, -0.15) is 0 Å². The van der Waals surface area contributed by atoms with E-state index in [0.717, 1.165) is 19.6 Å². The van der Waals surface area contributed by atoms with Gasteiger partial charge in [-0.3, -0.25) is 0 Å². The molecule has 0 saturated carbocycles. The Labute approximate surface area is 117 Å². The first-order valence-corrected chi connectivity index (χ1v) is 7.44. The number of rotatable bonds is 4. The highest BCUT2D eigenvalue weighted by Gasteiger charge is 2.14. The lowest BCUT2D eigenvalue weighted by molar-refractivity contribution is 0.360. The van der Waals surface area contributed by atoms with Crippen molar-refractivity contribution in [1.82, 2.24) is 10.2 Å². The molecule has 0 spiro atoms. The Hall–Kier alpha value is -1.06. The van der Waals surface area contributed by atoms with Gasteiger partial charge in [0, 0.05) is 31.9 Å². The molecule has 3 heteroatoms. The molecule has 0 aromatic heterocycles. The van der Waals surface area contributed by atoms with E-state index in [1.165, 1.54) is 42.9 Å². The molecule has 1 saturated heterocycles. The normalized spacial score (nSPS) is 17.5. The molecule has 1 fully saturated rings. The highest BCUT2D eigenvalue weighted by atomic mass is 15.2. The summed E-state index contributed by atoms with van der Waals surface area (Å²) in [6, 6.07) is 6.89. The molecule has 0 radical (unpaired) electrons. The fraction of sp³-hybridized carbons (Fsp3) is 0.625. The summed E-state index contributed by atoms with van der Waals surface area (Å²) >= 11 is 0. The van der Waals surface area contributed by atoms with Crippen molar-refractivity contribution in [2.24, 2.45) is 0 Å². The summed E-state index contributed by atoms with van der Waals surface area (Å²) in [4.78, 5) is 4.96. The maximum absolute atomic E-state index is 3.39. The van der Waals surface area contributed by atoms with Crippen LogP contribution in [0, 0.1) is 6.92 Å². The van der Waals surface area contributed by atoms with E-state index in [1.807, 2.05) is 0 Å². The van der Waals surface area contributed by atoms with Crippen molar-refractivity contribution in [2.75, 3.05) is 44.7 Å². The van der Waals surface area contributed by atoms with Crippen molar-refractivity contribution in [2.45, 2.75) is 26.8 Å². The van der Waals surface area contributed by atoms with Gasteiger partial charge in [0.25, 0.3) is 0 Å². The number of aryl methyl sites for hydroxylation is 1. The van der Waals surface area contributed by atoms with Crippen LogP contribution in [-0.4, -0.2) is 44.7 Å². The van der Waals surface area contributed by atoms with Crippen LogP contribution < -0.4 is 10.2 Å². The van der Waals surface area contributed by atoms with Crippen LogP contribution >= 0.6 is 0 Å². The summed E-state index contributed by atoms with van der Waals surface area (Å²) in [5.74, 6) is 0. The summed E-state index contributed by atoms with van der Waals surface area (Å²) in [5, 5.41) is 3.39. The minimum atomic E-state index is 0.973. The molecule has 1 N–H and O–H groups in total. The molecule has 1 aromatic carbocycles. The monoisotopic (exact) mass is 261 g/mol. The second-order valence-corrected chi connectivity index (χ2v) is 5.55. The van der Waals surface area contributed by atoms with E-state index in [4.69, 9.17) is 0 Å². The fourth-order valence-electron chi connectivity index (χ4n) is 2.74. The average Bonchev–Trinajstić information content (AvgIpc) is 2.61. The van der Waals surface area contributed by atoms with E-state index in [9.17, 15) is 0 Å². The minimum Gasteiger partial charge on any atom is -0.370 e. The van der Waals surface area contributed by atoms with E-state index in [0.29, 0.717) is 0 Å². The van der Waals surface area contributed by atoms with Crippen LogP contribution in [0.4, 0.5) is 5.69 Å². The highest BCUT2D eigenvalue weighted by molar-refractivity contribution is 5.54. The molecule has 1 aliphatic heterocycles. The zero-order valence-corrected chi connectivity index (χ0v) is 12.6. The predicted octanol–water partition coefficient (Wildman–Crippen LogP) is 2.25. The van der Waals surface area contributed by atoms with Crippen LogP contribution in [0.25, 0.3) is 0 Å². The standard InChI is InChI=1S/C16H27N3/c1-4-17-13-15-6-7-16(14(2)12-15)19-9-5-8-18(3)10-11-19/h6-7,12,17H,4-5,8-11,13H2,1-3H3. The van der Waals surface area contributed by atoms with Crippen molar-refractivity contribution in [1.29, 1.82) is 0 Å². The van der Waals surface area contributed by atoms with E-state index >= 15 is 0 Å². The van der Waals surface area contributed by atoms with Gasteiger partial charge in [0.2, 0.25) is 0 Å². The zero-order chi connectivity index (χ0) is 13.7. The first-order chi connectivity index (χ1) is 9.20. The summed E-state index contributed by atoms with van der Waals surface area (Å²) in [5.41, 5.74) is 4.20. The summed E-state index contributed by atoms with van der Waals surface area (Å²) < 4.78 is 0. The molecule has 0 bridgehead atoms. The van der Waals surface area contributed by atoms with E-state index in [1.54, 1.807) is 0 Å². The van der Waals surface area contributed by atoms with E-state index < -0.39 is 0 Å². The first kappa shape index (κ1) is 14.4. The Morgan fingerprint density at radius 3 is 2.74 bits per heavy atom. The van der Waals surface area contributed by atoms with Gasteiger partial charge in [-0.15, -0.1) is 0 Å². The number of hydrogen-bond acceptors (Lipinski definition) is 3. The second kappa shape index (κ2) is 6.92. The molecular weight excluding hydrogens is 234 g/mol. The molecule has 1 heterocycles. The molecule has 0 unspecified atom stereocenters. The molecule has 1 aromatic rings. The van der Waals surface area contributed by atoms with Crippen molar-refractivity contribution >= 4 is 5.69 Å².